The Kier molecular flexibility index (Phi) is 8.26. The summed E-state index contributed by atoms with van der Waals surface area (Å²) in [5, 5.41) is 12.3. The first-order chi connectivity index (χ1) is 18.1. The van der Waals surface area contributed by atoms with Crippen LogP contribution in [0.3, 0.4) is 0 Å². The third-order valence-corrected chi connectivity index (χ3v) is 5.89. The molecule has 6 rings (SSSR count). The number of carboxylic acid groups (broad SMARTS) is 1. The van der Waals surface area contributed by atoms with E-state index in [1.165, 1.54) is 12.3 Å². The number of aromatic carboxylic acids is 1. The van der Waals surface area contributed by atoms with E-state index in [9.17, 15) is 4.79 Å². The van der Waals surface area contributed by atoms with E-state index in [0.29, 0.717) is 0 Å². The minimum absolute atomic E-state index is 0. The summed E-state index contributed by atoms with van der Waals surface area (Å²) in [7, 11) is 3.33. The molecule has 0 aliphatic heterocycles. The van der Waals surface area contributed by atoms with Crippen molar-refractivity contribution in [1.82, 2.24) is 15.0 Å². The number of carboxylic acids is 1. The van der Waals surface area contributed by atoms with E-state index in [-0.39, 0.29) is 25.8 Å². The van der Waals surface area contributed by atoms with Crippen LogP contribution in [0.4, 0.5) is 0 Å². The van der Waals surface area contributed by atoms with Gasteiger partial charge in [0.05, 0.1) is 25.4 Å². The number of benzene rings is 4. The summed E-state index contributed by atoms with van der Waals surface area (Å²) < 4.78 is 10.9. The summed E-state index contributed by atoms with van der Waals surface area (Å²) in [4.78, 5) is 23.5. The second kappa shape index (κ2) is 11.8. The summed E-state index contributed by atoms with van der Waals surface area (Å²) in [6, 6.07) is 28.0. The minimum Gasteiger partial charge on any atom is -0.540 e. The van der Waals surface area contributed by atoms with Crippen molar-refractivity contribution < 1.29 is 39.5 Å². The van der Waals surface area contributed by atoms with Crippen LogP contribution in [0.2, 0.25) is 0 Å². The quantitative estimate of drug-likeness (QED) is 0.175. The molecule has 2 aromatic heterocycles. The number of ether oxygens (including phenoxy) is 2. The van der Waals surface area contributed by atoms with Gasteiger partial charge in [-0.15, -0.1) is 17.5 Å². The van der Waals surface area contributed by atoms with Crippen LogP contribution in [0.15, 0.2) is 91.3 Å². The van der Waals surface area contributed by atoms with Gasteiger partial charge in [-0.3, -0.25) is 4.98 Å². The number of pyridine rings is 1. The first kappa shape index (κ1) is 26.7. The average Bonchev–Trinajstić information content (AvgIpc) is 2.97. The molecule has 4 aromatic carbocycles. The molecule has 0 saturated carbocycles. The summed E-state index contributed by atoms with van der Waals surface area (Å²) in [5.74, 6) is 0.559. The van der Waals surface area contributed by atoms with Gasteiger partial charge in [-0.25, -0.2) is 9.78 Å². The third-order valence-electron chi connectivity index (χ3n) is 5.89. The smallest absolute Gasteiger partial charge is 0.354 e. The maximum absolute atomic E-state index is 10.1. The standard InChI is InChI=1S/C24H17N2O2.C6H5NO2.Ir/c1-27-16-8-10-18-20(12-16)21-13-17(28-2)9-11-19(21)24-23(18)25-14-22(26-24)15-6-4-3-5-7-15;8-6(9)5-3-1-2-4-7-5;/h3-9,11-14H,1-2H3;1-4H,(H,8,9);/q-1;;. The first-order valence-corrected chi connectivity index (χ1v) is 11.4. The second-order valence-electron chi connectivity index (χ2n) is 8.08. The average molecular weight is 681 g/mol. The number of hydrogen-bond acceptors (Lipinski definition) is 6. The molecule has 2 heterocycles. The molecular weight excluding hydrogens is 659 g/mol. The Morgan fingerprint density at radius 3 is 2.21 bits per heavy atom. The largest absolute Gasteiger partial charge is 0.540 e. The van der Waals surface area contributed by atoms with Crippen LogP contribution in [0, 0.1) is 6.07 Å². The zero-order valence-electron chi connectivity index (χ0n) is 20.5. The van der Waals surface area contributed by atoms with Crippen molar-refractivity contribution >= 4 is 38.5 Å². The predicted molar refractivity (Wildman–Crippen MR) is 143 cm³/mol. The number of fused-ring (bicyclic) bond motifs is 6. The zero-order valence-corrected chi connectivity index (χ0v) is 22.9. The third kappa shape index (κ3) is 5.32. The Balaban J connectivity index is 0.000000288. The van der Waals surface area contributed by atoms with Crippen molar-refractivity contribution in [3.8, 4) is 22.8 Å². The zero-order chi connectivity index (χ0) is 25.8. The fourth-order valence-corrected chi connectivity index (χ4v) is 4.08. The van der Waals surface area contributed by atoms with E-state index >= 15 is 0 Å². The summed E-state index contributed by atoms with van der Waals surface area (Å²) in [6.45, 7) is 0. The van der Waals surface area contributed by atoms with Gasteiger partial charge in [0.25, 0.3) is 0 Å². The molecule has 0 aliphatic rings. The molecule has 0 unspecified atom stereocenters. The van der Waals surface area contributed by atoms with Crippen LogP contribution in [0.5, 0.6) is 11.5 Å². The molecule has 0 atom stereocenters. The van der Waals surface area contributed by atoms with E-state index < -0.39 is 5.97 Å². The molecule has 0 saturated heterocycles. The summed E-state index contributed by atoms with van der Waals surface area (Å²) in [5.41, 5.74) is 3.65. The molecule has 0 aliphatic carbocycles. The van der Waals surface area contributed by atoms with Crippen LogP contribution < -0.4 is 9.47 Å². The molecule has 0 fully saturated rings. The minimum atomic E-state index is -0.990. The van der Waals surface area contributed by atoms with Crippen molar-refractivity contribution in [2.24, 2.45) is 0 Å². The van der Waals surface area contributed by atoms with Gasteiger partial charge in [-0.1, -0.05) is 53.9 Å². The molecule has 8 heteroatoms. The number of aromatic nitrogens is 3. The van der Waals surface area contributed by atoms with Crippen molar-refractivity contribution in [3.05, 3.63) is 103 Å². The molecular formula is C30H22IrN3O4-. The van der Waals surface area contributed by atoms with Crippen LogP contribution >= 0.6 is 0 Å². The number of carbonyl (C=O) groups is 1. The topological polar surface area (TPSA) is 94.4 Å². The van der Waals surface area contributed by atoms with E-state index in [1.54, 1.807) is 26.4 Å². The summed E-state index contributed by atoms with van der Waals surface area (Å²) >= 11 is 0. The van der Waals surface area contributed by atoms with Gasteiger partial charge in [0, 0.05) is 49.3 Å². The number of nitrogens with zero attached hydrogens (tertiary/aromatic N) is 3. The number of methoxy groups -OCH3 is 2. The molecule has 38 heavy (non-hydrogen) atoms. The number of rotatable bonds is 4. The van der Waals surface area contributed by atoms with Gasteiger partial charge < -0.3 is 19.6 Å². The van der Waals surface area contributed by atoms with Crippen LogP contribution in [0.25, 0.3) is 43.8 Å². The molecule has 0 bridgehead atoms. The SMILES string of the molecule is COc1c[c-]c2c(c1)c1cc(OC)ccc1c1nc(-c3ccccc3)cnc21.O=C(O)c1ccccn1.[Ir]. The van der Waals surface area contributed by atoms with Crippen molar-refractivity contribution in [2.75, 3.05) is 14.2 Å². The van der Waals surface area contributed by atoms with Crippen LogP contribution in [-0.2, 0) is 20.1 Å². The van der Waals surface area contributed by atoms with Crippen molar-refractivity contribution in [2.45, 2.75) is 0 Å². The summed E-state index contributed by atoms with van der Waals surface area (Å²) in [6.07, 6.45) is 3.27. The maximum atomic E-state index is 10.1. The molecule has 191 valence electrons. The maximum Gasteiger partial charge on any atom is 0.354 e. The molecule has 6 aromatic rings. The van der Waals surface area contributed by atoms with E-state index in [0.717, 1.165) is 55.3 Å². The van der Waals surface area contributed by atoms with Crippen LogP contribution in [-0.4, -0.2) is 40.2 Å². The molecule has 1 radical (unpaired) electrons. The van der Waals surface area contributed by atoms with Gasteiger partial charge in [0.1, 0.15) is 11.4 Å². The fraction of sp³-hybridized carbons (Fsp3) is 0.0667. The second-order valence-corrected chi connectivity index (χ2v) is 8.08. The Hall–Kier alpha value is -4.39. The van der Waals surface area contributed by atoms with Gasteiger partial charge in [0.15, 0.2) is 0 Å². The van der Waals surface area contributed by atoms with Crippen LogP contribution in [0.1, 0.15) is 10.5 Å². The first-order valence-electron chi connectivity index (χ1n) is 11.4. The Bertz CT molecular complexity index is 1730. The van der Waals surface area contributed by atoms with Gasteiger partial charge in [-0.2, -0.15) is 0 Å². The molecule has 0 amide bonds. The molecule has 1 N–H and O–H groups in total. The Morgan fingerprint density at radius 1 is 0.816 bits per heavy atom. The Labute approximate surface area is 232 Å². The normalized spacial score (nSPS) is 10.4. The van der Waals surface area contributed by atoms with Gasteiger partial charge in [0.2, 0.25) is 0 Å². The molecule has 0 spiro atoms. The van der Waals surface area contributed by atoms with E-state index in [2.05, 4.69) is 11.1 Å². The molecule has 7 nitrogen and oxygen atoms in total. The van der Waals surface area contributed by atoms with E-state index in [1.807, 2.05) is 66.9 Å². The van der Waals surface area contributed by atoms with E-state index in [4.69, 9.17) is 24.5 Å². The Morgan fingerprint density at radius 2 is 1.55 bits per heavy atom. The number of hydrogen-bond donors (Lipinski definition) is 1. The fourth-order valence-electron chi connectivity index (χ4n) is 4.08. The van der Waals surface area contributed by atoms with Crippen molar-refractivity contribution in [3.63, 3.8) is 0 Å². The van der Waals surface area contributed by atoms with Gasteiger partial charge >= 0.3 is 5.97 Å². The van der Waals surface area contributed by atoms with Gasteiger partial charge in [-0.05, 0) is 35.0 Å². The predicted octanol–water partition coefficient (Wildman–Crippen LogP) is 6.20. The van der Waals surface area contributed by atoms with Crippen molar-refractivity contribution in [1.29, 1.82) is 0 Å². The monoisotopic (exact) mass is 681 g/mol.